The maximum Gasteiger partial charge on any atom is 0.311 e. The first-order valence-corrected chi connectivity index (χ1v) is 8.28. The molecule has 4 aromatic rings. The Morgan fingerprint density at radius 1 is 0.875 bits per heavy atom. The van der Waals surface area contributed by atoms with E-state index in [1.54, 1.807) is 0 Å². The Hall–Kier alpha value is -2.61. The number of carbonyl (C=O) groups is 1. The minimum absolute atomic E-state index is 0.173. The smallest absolute Gasteiger partial charge is 0.311 e. The first kappa shape index (κ1) is 14.9. The Kier molecular flexibility index (Phi) is 3.24. The van der Waals surface area contributed by atoms with Crippen LogP contribution in [0.25, 0.3) is 32.3 Å². The van der Waals surface area contributed by atoms with E-state index in [2.05, 4.69) is 54.6 Å². The lowest BCUT2D eigenvalue weighted by Gasteiger charge is -2.18. The van der Waals surface area contributed by atoms with Gasteiger partial charge in [0.05, 0.1) is 5.41 Å². The Bertz CT molecular complexity index is 1050. The Labute approximate surface area is 141 Å². The summed E-state index contributed by atoms with van der Waals surface area (Å²) in [6, 6.07) is 19.2. The number of hydrogen-bond acceptors (Lipinski definition) is 2. The lowest BCUT2D eigenvalue weighted by molar-refractivity contribution is -0.154. The molecule has 0 aliphatic rings. The average Bonchev–Trinajstić information content (AvgIpc) is 2.57. The minimum Gasteiger partial charge on any atom is -0.460 e. The number of esters is 1. The number of rotatable bonds is 2. The lowest BCUT2D eigenvalue weighted by Crippen LogP contribution is -2.22. The fourth-order valence-electron chi connectivity index (χ4n) is 3.32. The molecular weight excluding hydrogens is 296 g/mol. The van der Waals surface area contributed by atoms with Crippen LogP contribution in [0.2, 0.25) is 0 Å². The third kappa shape index (κ3) is 2.30. The summed E-state index contributed by atoms with van der Waals surface area (Å²) in [5, 5.41) is 7.37. The van der Waals surface area contributed by atoms with E-state index in [-0.39, 0.29) is 5.97 Å². The van der Waals surface area contributed by atoms with Crippen LogP contribution in [0.1, 0.15) is 26.3 Å². The Morgan fingerprint density at radius 3 is 2.21 bits per heavy atom. The molecule has 0 atom stereocenters. The van der Waals surface area contributed by atoms with Crippen molar-refractivity contribution in [3.63, 3.8) is 0 Å². The van der Waals surface area contributed by atoms with Gasteiger partial charge < -0.3 is 4.74 Å². The Balaban J connectivity index is 1.91. The molecule has 4 rings (SSSR count). The Morgan fingerprint density at radius 2 is 1.50 bits per heavy atom. The van der Waals surface area contributed by atoms with Gasteiger partial charge in [0.2, 0.25) is 0 Å². The molecule has 0 saturated carbocycles. The van der Waals surface area contributed by atoms with Crippen molar-refractivity contribution in [3.8, 4) is 0 Å². The standard InChI is InChI=1S/C22H20O2/c1-22(2,3)21(23)24-13-17-12-16-8-4-6-14-10-11-15-7-5-9-18(17)20(15)19(14)16/h4-12H,13H2,1-3H3. The predicted molar refractivity (Wildman–Crippen MR) is 99.4 cm³/mol. The van der Waals surface area contributed by atoms with E-state index in [1.807, 2.05) is 20.8 Å². The largest absolute Gasteiger partial charge is 0.460 e. The zero-order valence-corrected chi connectivity index (χ0v) is 14.2. The van der Waals surface area contributed by atoms with Gasteiger partial charge in [-0.15, -0.1) is 0 Å². The molecule has 0 aliphatic carbocycles. The molecule has 0 aromatic heterocycles. The SMILES string of the molecule is CC(C)(C)C(=O)OCc1cc2cccc3ccc4cccc1c4c32. The second-order valence-corrected chi connectivity index (χ2v) is 7.41. The molecule has 0 unspecified atom stereocenters. The van der Waals surface area contributed by atoms with Gasteiger partial charge >= 0.3 is 5.97 Å². The molecule has 0 aliphatic heterocycles. The van der Waals surface area contributed by atoms with Crippen LogP contribution in [0.3, 0.4) is 0 Å². The molecule has 2 heteroatoms. The fraction of sp³-hybridized carbons (Fsp3) is 0.227. The summed E-state index contributed by atoms with van der Waals surface area (Å²) >= 11 is 0. The number of hydrogen-bond donors (Lipinski definition) is 0. The number of ether oxygens (including phenoxy) is 1. The van der Waals surface area contributed by atoms with Crippen LogP contribution in [0.15, 0.2) is 54.6 Å². The van der Waals surface area contributed by atoms with Crippen LogP contribution in [-0.2, 0) is 16.1 Å². The van der Waals surface area contributed by atoms with E-state index in [0.29, 0.717) is 6.61 Å². The molecule has 0 N–H and O–H groups in total. The molecule has 0 radical (unpaired) electrons. The summed E-state index contributed by atoms with van der Waals surface area (Å²) in [5.74, 6) is -0.173. The first-order chi connectivity index (χ1) is 11.4. The topological polar surface area (TPSA) is 26.3 Å². The molecule has 0 heterocycles. The highest BCUT2D eigenvalue weighted by molar-refractivity contribution is 6.23. The van der Waals surface area contributed by atoms with Gasteiger partial charge in [0.1, 0.15) is 6.61 Å². The molecule has 0 spiro atoms. The van der Waals surface area contributed by atoms with Gasteiger partial charge in [-0.05, 0) is 64.7 Å². The van der Waals surface area contributed by atoms with Crippen molar-refractivity contribution >= 4 is 38.3 Å². The molecule has 0 amide bonds. The maximum atomic E-state index is 12.1. The third-order valence-corrected chi connectivity index (χ3v) is 4.56. The van der Waals surface area contributed by atoms with E-state index < -0.39 is 5.41 Å². The van der Waals surface area contributed by atoms with Crippen molar-refractivity contribution in [3.05, 3.63) is 60.2 Å². The molecule has 0 fully saturated rings. The van der Waals surface area contributed by atoms with Crippen LogP contribution in [0.5, 0.6) is 0 Å². The van der Waals surface area contributed by atoms with E-state index in [4.69, 9.17) is 4.74 Å². The van der Waals surface area contributed by atoms with Gasteiger partial charge in [0, 0.05) is 0 Å². The summed E-state index contributed by atoms with van der Waals surface area (Å²) in [7, 11) is 0. The van der Waals surface area contributed by atoms with Gasteiger partial charge in [-0.25, -0.2) is 0 Å². The molecule has 2 nitrogen and oxygen atoms in total. The van der Waals surface area contributed by atoms with E-state index in [1.165, 1.54) is 32.3 Å². The molecule has 0 bridgehead atoms. The second kappa shape index (κ2) is 5.20. The minimum atomic E-state index is -0.487. The quantitative estimate of drug-likeness (QED) is 0.351. The van der Waals surface area contributed by atoms with Crippen molar-refractivity contribution < 1.29 is 9.53 Å². The van der Waals surface area contributed by atoms with Crippen molar-refractivity contribution in [1.29, 1.82) is 0 Å². The summed E-state index contributed by atoms with van der Waals surface area (Å²) in [5.41, 5.74) is 0.573. The zero-order valence-electron chi connectivity index (χ0n) is 14.2. The fourth-order valence-corrected chi connectivity index (χ4v) is 3.32. The normalized spacial score (nSPS) is 12.3. The monoisotopic (exact) mass is 316 g/mol. The van der Waals surface area contributed by atoms with Gasteiger partial charge in [0.25, 0.3) is 0 Å². The summed E-state index contributed by atoms with van der Waals surface area (Å²) in [6.45, 7) is 5.93. The van der Waals surface area contributed by atoms with Gasteiger partial charge in [-0.1, -0.05) is 48.5 Å². The molecule has 120 valence electrons. The zero-order chi connectivity index (χ0) is 16.9. The highest BCUT2D eigenvalue weighted by Gasteiger charge is 2.23. The molecule has 4 aromatic carbocycles. The average molecular weight is 316 g/mol. The van der Waals surface area contributed by atoms with Crippen LogP contribution >= 0.6 is 0 Å². The van der Waals surface area contributed by atoms with Crippen LogP contribution in [0, 0.1) is 5.41 Å². The maximum absolute atomic E-state index is 12.1. The highest BCUT2D eigenvalue weighted by Crippen LogP contribution is 2.36. The summed E-state index contributed by atoms with van der Waals surface area (Å²) in [6.07, 6.45) is 0. The van der Waals surface area contributed by atoms with Crippen LogP contribution in [0.4, 0.5) is 0 Å². The van der Waals surface area contributed by atoms with Gasteiger partial charge in [-0.2, -0.15) is 0 Å². The summed E-state index contributed by atoms with van der Waals surface area (Å²) < 4.78 is 5.58. The molecule has 0 saturated heterocycles. The van der Waals surface area contributed by atoms with Crippen molar-refractivity contribution in [2.45, 2.75) is 27.4 Å². The van der Waals surface area contributed by atoms with Crippen LogP contribution in [-0.4, -0.2) is 5.97 Å². The van der Waals surface area contributed by atoms with Crippen LogP contribution < -0.4 is 0 Å². The number of carbonyl (C=O) groups excluding carboxylic acids is 1. The van der Waals surface area contributed by atoms with E-state index in [0.717, 1.165) is 5.56 Å². The molecular formula is C22H20O2. The summed E-state index contributed by atoms with van der Waals surface area (Å²) in [4.78, 5) is 12.1. The second-order valence-electron chi connectivity index (χ2n) is 7.41. The molecule has 24 heavy (non-hydrogen) atoms. The highest BCUT2D eigenvalue weighted by atomic mass is 16.5. The van der Waals surface area contributed by atoms with Crippen molar-refractivity contribution in [2.75, 3.05) is 0 Å². The lowest BCUT2D eigenvalue weighted by atomic mass is 9.91. The van der Waals surface area contributed by atoms with E-state index in [9.17, 15) is 4.79 Å². The predicted octanol–water partition coefficient (Wildman–Crippen LogP) is 5.67. The van der Waals surface area contributed by atoms with E-state index >= 15 is 0 Å². The van der Waals surface area contributed by atoms with Crippen molar-refractivity contribution in [2.24, 2.45) is 5.41 Å². The first-order valence-electron chi connectivity index (χ1n) is 8.28. The van der Waals surface area contributed by atoms with Gasteiger partial charge in [-0.3, -0.25) is 4.79 Å². The number of benzene rings is 4. The van der Waals surface area contributed by atoms with Gasteiger partial charge in [0.15, 0.2) is 0 Å². The van der Waals surface area contributed by atoms with Crippen molar-refractivity contribution in [1.82, 2.24) is 0 Å². The third-order valence-electron chi connectivity index (χ3n) is 4.56.